The maximum atomic E-state index is 10.5. The maximum absolute atomic E-state index is 10.5. The molecule has 0 bridgehead atoms. The Morgan fingerprint density at radius 1 is 1.35 bits per heavy atom. The van der Waals surface area contributed by atoms with Gasteiger partial charge in [0.15, 0.2) is 11.0 Å². The minimum absolute atomic E-state index is 0.0369. The van der Waals surface area contributed by atoms with Crippen LogP contribution in [0.2, 0.25) is 0 Å². The number of carbonyl (C=O) groups is 1. The van der Waals surface area contributed by atoms with E-state index in [1.165, 1.54) is 5.56 Å². The van der Waals surface area contributed by atoms with Gasteiger partial charge in [0.05, 0.1) is 5.75 Å². The van der Waals surface area contributed by atoms with Crippen molar-refractivity contribution in [3.8, 4) is 5.75 Å². The van der Waals surface area contributed by atoms with Gasteiger partial charge in [-0.2, -0.15) is 0 Å². The molecule has 6 nitrogen and oxygen atoms in total. The third-order valence-electron chi connectivity index (χ3n) is 2.64. The summed E-state index contributed by atoms with van der Waals surface area (Å²) in [5.41, 5.74) is 1.17. The summed E-state index contributed by atoms with van der Waals surface area (Å²) >= 11 is 1.13. The summed E-state index contributed by atoms with van der Waals surface area (Å²) in [6.45, 7) is 2.30. The van der Waals surface area contributed by atoms with Gasteiger partial charge >= 0.3 is 5.97 Å². The molecule has 7 heteroatoms. The van der Waals surface area contributed by atoms with Crippen LogP contribution in [0.15, 0.2) is 29.4 Å². The number of hydrogen-bond acceptors (Lipinski definition) is 5. The normalized spacial score (nSPS) is 10.5. The van der Waals surface area contributed by atoms with Crippen LogP contribution in [-0.4, -0.2) is 31.6 Å². The average molecular weight is 293 g/mol. The van der Waals surface area contributed by atoms with E-state index < -0.39 is 5.97 Å². The van der Waals surface area contributed by atoms with Crippen LogP contribution in [0.25, 0.3) is 0 Å². The zero-order valence-electron chi connectivity index (χ0n) is 11.2. The van der Waals surface area contributed by atoms with Gasteiger partial charge in [-0.25, -0.2) is 0 Å². The van der Waals surface area contributed by atoms with Crippen LogP contribution in [0.4, 0.5) is 0 Å². The molecule has 1 aromatic heterocycles. The van der Waals surface area contributed by atoms with Crippen LogP contribution < -0.4 is 4.74 Å². The molecule has 106 valence electrons. The van der Waals surface area contributed by atoms with Crippen LogP contribution in [0.1, 0.15) is 11.4 Å². The molecule has 0 fully saturated rings. The van der Waals surface area contributed by atoms with Crippen molar-refractivity contribution in [2.24, 2.45) is 7.05 Å². The van der Waals surface area contributed by atoms with Crippen LogP contribution in [-0.2, 0) is 18.4 Å². The molecule has 20 heavy (non-hydrogen) atoms. The number of benzene rings is 1. The molecule has 0 radical (unpaired) electrons. The van der Waals surface area contributed by atoms with E-state index in [2.05, 4.69) is 10.2 Å². The van der Waals surface area contributed by atoms with E-state index in [1.54, 1.807) is 11.6 Å². The predicted octanol–water partition coefficient (Wildman–Crippen LogP) is 1.88. The lowest BCUT2D eigenvalue weighted by atomic mass is 10.2. The molecule has 0 atom stereocenters. The van der Waals surface area contributed by atoms with E-state index in [0.717, 1.165) is 17.5 Å². The van der Waals surface area contributed by atoms with Crippen molar-refractivity contribution in [1.29, 1.82) is 0 Å². The molecular formula is C13H15N3O3S. The van der Waals surface area contributed by atoms with E-state index in [9.17, 15) is 4.79 Å². The fourth-order valence-corrected chi connectivity index (χ4v) is 2.16. The Morgan fingerprint density at radius 2 is 2.05 bits per heavy atom. The average Bonchev–Trinajstić information content (AvgIpc) is 2.77. The van der Waals surface area contributed by atoms with Gasteiger partial charge in [-0.1, -0.05) is 29.5 Å². The molecule has 0 unspecified atom stereocenters. The third-order valence-corrected chi connectivity index (χ3v) is 3.64. The summed E-state index contributed by atoms with van der Waals surface area (Å²) in [6.07, 6.45) is 0. The van der Waals surface area contributed by atoms with E-state index in [1.807, 2.05) is 31.2 Å². The molecule has 0 aliphatic rings. The van der Waals surface area contributed by atoms with Crippen molar-refractivity contribution in [1.82, 2.24) is 14.8 Å². The number of thioether (sulfide) groups is 1. The zero-order chi connectivity index (χ0) is 14.5. The molecule has 0 spiro atoms. The molecule has 1 aromatic carbocycles. The van der Waals surface area contributed by atoms with Crippen LogP contribution >= 0.6 is 11.8 Å². The summed E-state index contributed by atoms with van der Waals surface area (Å²) < 4.78 is 7.36. The number of nitrogens with zero attached hydrogens (tertiary/aromatic N) is 3. The summed E-state index contributed by atoms with van der Waals surface area (Å²) in [6, 6.07) is 7.73. The number of ether oxygens (including phenoxy) is 1. The Bertz CT molecular complexity index is 595. The van der Waals surface area contributed by atoms with Crippen LogP contribution in [0.3, 0.4) is 0 Å². The van der Waals surface area contributed by atoms with E-state index >= 15 is 0 Å². The van der Waals surface area contributed by atoms with Gasteiger partial charge in [-0.3, -0.25) is 4.79 Å². The Balaban J connectivity index is 1.96. The van der Waals surface area contributed by atoms with E-state index in [4.69, 9.17) is 9.84 Å². The largest absolute Gasteiger partial charge is 0.486 e. The van der Waals surface area contributed by atoms with Gasteiger partial charge in [0.2, 0.25) is 0 Å². The highest BCUT2D eigenvalue weighted by Crippen LogP contribution is 2.17. The van der Waals surface area contributed by atoms with Crippen molar-refractivity contribution in [2.75, 3.05) is 5.75 Å². The Kier molecular flexibility index (Phi) is 4.62. The Hall–Kier alpha value is -2.02. The molecule has 0 saturated heterocycles. The highest BCUT2D eigenvalue weighted by Gasteiger charge is 2.11. The Labute approximate surface area is 120 Å². The van der Waals surface area contributed by atoms with E-state index in [0.29, 0.717) is 17.6 Å². The van der Waals surface area contributed by atoms with Crippen molar-refractivity contribution in [2.45, 2.75) is 18.7 Å². The topological polar surface area (TPSA) is 77.2 Å². The highest BCUT2D eigenvalue weighted by atomic mass is 32.2. The molecule has 1 heterocycles. The number of aromatic nitrogens is 3. The second-order valence-corrected chi connectivity index (χ2v) is 5.18. The highest BCUT2D eigenvalue weighted by molar-refractivity contribution is 7.99. The minimum atomic E-state index is -0.879. The van der Waals surface area contributed by atoms with Gasteiger partial charge in [-0.15, -0.1) is 10.2 Å². The van der Waals surface area contributed by atoms with Gasteiger partial charge in [-0.05, 0) is 19.1 Å². The fourth-order valence-electron chi connectivity index (χ4n) is 1.51. The molecular weight excluding hydrogens is 278 g/mol. The van der Waals surface area contributed by atoms with Crippen molar-refractivity contribution in [3.05, 3.63) is 35.7 Å². The summed E-state index contributed by atoms with van der Waals surface area (Å²) in [5, 5.41) is 17.2. The number of rotatable bonds is 6. The van der Waals surface area contributed by atoms with Crippen molar-refractivity contribution in [3.63, 3.8) is 0 Å². The second-order valence-electron chi connectivity index (χ2n) is 4.24. The first-order chi connectivity index (χ1) is 9.56. The van der Waals surface area contributed by atoms with Crippen molar-refractivity contribution >= 4 is 17.7 Å². The van der Waals surface area contributed by atoms with Gasteiger partial charge in [0.25, 0.3) is 0 Å². The fraction of sp³-hybridized carbons (Fsp3) is 0.308. The number of carboxylic acids is 1. The molecule has 2 aromatic rings. The lowest BCUT2D eigenvalue weighted by Crippen LogP contribution is -2.05. The van der Waals surface area contributed by atoms with Crippen LogP contribution in [0.5, 0.6) is 5.75 Å². The quantitative estimate of drug-likeness (QED) is 0.819. The first-order valence-electron chi connectivity index (χ1n) is 5.98. The molecule has 0 saturated carbocycles. The number of aryl methyl sites for hydroxylation is 1. The second kappa shape index (κ2) is 6.42. The standard InChI is InChI=1S/C13H15N3O3S/c1-9-3-5-10(6-4-9)19-7-11-14-15-13(16(11)2)20-8-12(17)18/h3-6H,7-8H2,1-2H3,(H,17,18). The van der Waals surface area contributed by atoms with Gasteiger partial charge < -0.3 is 14.4 Å². The first kappa shape index (κ1) is 14.4. The zero-order valence-corrected chi connectivity index (χ0v) is 12.1. The number of hydrogen-bond donors (Lipinski definition) is 1. The molecule has 1 N–H and O–H groups in total. The molecule has 0 aliphatic heterocycles. The minimum Gasteiger partial charge on any atom is -0.486 e. The third kappa shape index (κ3) is 3.74. The summed E-state index contributed by atoms with van der Waals surface area (Å²) in [5.74, 6) is 0.498. The van der Waals surface area contributed by atoms with Gasteiger partial charge in [0.1, 0.15) is 12.4 Å². The SMILES string of the molecule is Cc1ccc(OCc2nnc(SCC(=O)O)n2C)cc1. The number of aliphatic carboxylic acids is 1. The first-order valence-corrected chi connectivity index (χ1v) is 6.97. The maximum Gasteiger partial charge on any atom is 0.313 e. The molecule has 0 amide bonds. The van der Waals surface area contributed by atoms with Gasteiger partial charge in [0, 0.05) is 7.05 Å². The lowest BCUT2D eigenvalue weighted by molar-refractivity contribution is -0.133. The smallest absolute Gasteiger partial charge is 0.313 e. The lowest BCUT2D eigenvalue weighted by Gasteiger charge is -2.06. The van der Waals surface area contributed by atoms with E-state index in [-0.39, 0.29) is 5.75 Å². The predicted molar refractivity (Wildman–Crippen MR) is 74.9 cm³/mol. The summed E-state index contributed by atoms with van der Waals surface area (Å²) in [7, 11) is 1.79. The monoisotopic (exact) mass is 293 g/mol. The summed E-state index contributed by atoms with van der Waals surface area (Å²) in [4.78, 5) is 10.5. The number of carboxylic acid groups (broad SMARTS) is 1. The molecule has 2 rings (SSSR count). The Morgan fingerprint density at radius 3 is 2.70 bits per heavy atom. The molecule has 0 aliphatic carbocycles. The van der Waals surface area contributed by atoms with Crippen LogP contribution in [0, 0.1) is 6.92 Å². The van der Waals surface area contributed by atoms with Crippen molar-refractivity contribution < 1.29 is 14.6 Å².